The highest BCUT2D eigenvalue weighted by molar-refractivity contribution is 7.93. The molecule has 1 fully saturated rings. The molecule has 28 heavy (non-hydrogen) atoms. The number of hydrogen-bond acceptors (Lipinski definition) is 5. The average Bonchev–Trinajstić information content (AvgIpc) is 2.73. The number of allylic oxidation sites excluding steroid dienone is 2. The van der Waals surface area contributed by atoms with Crippen LogP contribution in [0.25, 0.3) is 0 Å². The normalized spacial score (nSPS) is 20.9. The zero-order valence-corrected chi connectivity index (χ0v) is 17.2. The summed E-state index contributed by atoms with van der Waals surface area (Å²) in [6.07, 6.45) is 3.72. The summed E-state index contributed by atoms with van der Waals surface area (Å²) in [5.41, 5.74) is 0. The third kappa shape index (κ3) is 4.68. The van der Waals surface area contributed by atoms with Gasteiger partial charge >= 0.3 is 0 Å². The van der Waals surface area contributed by atoms with Crippen LogP contribution in [0.3, 0.4) is 0 Å². The first-order valence-electron chi connectivity index (χ1n) is 8.98. The van der Waals surface area contributed by atoms with Crippen molar-refractivity contribution in [3.05, 3.63) is 53.1 Å². The van der Waals surface area contributed by atoms with Gasteiger partial charge in [-0.25, -0.2) is 8.42 Å². The molecule has 2 aliphatic rings. The van der Waals surface area contributed by atoms with Gasteiger partial charge in [-0.1, -0.05) is 18.2 Å². The first-order chi connectivity index (χ1) is 13.4. The molecule has 1 aliphatic carbocycles. The zero-order valence-electron chi connectivity index (χ0n) is 15.6. The molecule has 0 N–H and O–H groups in total. The lowest BCUT2D eigenvalue weighted by molar-refractivity contribution is -0.134. The average molecular weight is 427 g/mol. The largest absolute Gasteiger partial charge is 0.496 e. The summed E-state index contributed by atoms with van der Waals surface area (Å²) in [5, 5.41) is -0.387. The van der Waals surface area contributed by atoms with E-state index in [1.807, 2.05) is 18.2 Å². The molecule has 0 aromatic heterocycles. The molecule has 1 saturated heterocycles. The van der Waals surface area contributed by atoms with Crippen LogP contribution in [0.4, 0.5) is 0 Å². The van der Waals surface area contributed by atoms with Gasteiger partial charge in [-0.3, -0.25) is 4.79 Å². The molecule has 0 saturated carbocycles. The lowest BCUT2D eigenvalue weighted by atomic mass is 10.2. The van der Waals surface area contributed by atoms with E-state index in [4.69, 9.17) is 21.1 Å². The van der Waals surface area contributed by atoms with E-state index in [9.17, 15) is 13.2 Å². The molecule has 1 aromatic carbocycles. The predicted molar refractivity (Wildman–Crippen MR) is 106 cm³/mol. The number of methoxy groups -OCH3 is 1. The van der Waals surface area contributed by atoms with E-state index < -0.39 is 10.0 Å². The van der Waals surface area contributed by atoms with E-state index >= 15 is 0 Å². The summed E-state index contributed by atoms with van der Waals surface area (Å²) in [6.45, 7) is 0.952. The van der Waals surface area contributed by atoms with Crippen molar-refractivity contribution in [2.45, 2.75) is 11.8 Å². The number of piperazine rings is 1. The number of carbonyl (C=O) groups excluding carboxylic acids is 1. The molecule has 1 unspecified atom stereocenters. The van der Waals surface area contributed by atoms with Gasteiger partial charge in [-0.2, -0.15) is 4.31 Å². The third-order valence-corrected chi connectivity index (χ3v) is 6.88. The minimum Gasteiger partial charge on any atom is -0.496 e. The highest BCUT2D eigenvalue weighted by Gasteiger charge is 2.35. The standard InChI is InChI=1S/C19H23ClN2O5S/c1-26-17-8-7-15(20)13-18(17)28(24,25)22-11-9-21(10-12-22)19(23)14-27-16-5-3-2-4-6-16/h2-6,8,13,15H,7,9-12,14H2,1H3. The Balaban J connectivity index is 1.58. The molecule has 3 rings (SSSR count). The molecule has 7 nitrogen and oxygen atoms in total. The number of hydrogen-bond donors (Lipinski definition) is 0. The van der Waals surface area contributed by atoms with Crippen LogP contribution in [0.15, 0.2) is 53.1 Å². The van der Waals surface area contributed by atoms with Gasteiger partial charge in [-0.15, -0.1) is 11.6 Å². The van der Waals surface area contributed by atoms with E-state index in [0.717, 1.165) is 0 Å². The molecule has 1 heterocycles. The number of benzene rings is 1. The zero-order chi connectivity index (χ0) is 20.1. The highest BCUT2D eigenvalue weighted by Crippen LogP contribution is 2.29. The van der Waals surface area contributed by atoms with Crippen molar-refractivity contribution in [1.82, 2.24) is 9.21 Å². The van der Waals surface area contributed by atoms with Crippen molar-refractivity contribution in [3.63, 3.8) is 0 Å². The number of rotatable bonds is 6. The topological polar surface area (TPSA) is 76.2 Å². The molecule has 9 heteroatoms. The highest BCUT2D eigenvalue weighted by atomic mass is 35.5. The van der Waals surface area contributed by atoms with Crippen LogP contribution in [0, 0.1) is 0 Å². The Hall–Kier alpha value is -2.03. The van der Waals surface area contributed by atoms with Crippen molar-refractivity contribution in [1.29, 1.82) is 0 Å². The second kappa shape index (κ2) is 8.98. The summed E-state index contributed by atoms with van der Waals surface area (Å²) >= 11 is 6.10. The molecule has 0 radical (unpaired) electrons. The smallest absolute Gasteiger partial charge is 0.260 e. The summed E-state index contributed by atoms with van der Waals surface area (Å²) in [7, 11) is -2.30. The SMILES string of the molecule is COC1=CCC(Cl)C=C1S(=O)(=O)N1CCN(C(=O)COc2ccccc2)CC1. The summed E-state index contributed by atoms with van der Waals surface area (Å²) < 4.78 is 38.0. The first-order valence-corrected chi connectivity index (χ1v) is 10.9. The number of ether oxygens (including phenoxy) is 2. The Morgan fingerprint density at radius 1 is 1.18 bits per heavy atom. The second-order valence-corrected chi connectivity index (χ2v) is 8.91. The van der Waals surface area contributed by atoms with E-state index in [1.54, 1.807) is 23.1 Å². The van der Waals surface area contributed by atoms with Crippen molar-refractivity contribution in [2.24, 2.45) is 0 Å². The van der Waals surface area contributed by atoms with Gasteiger partial charge in [0.2, 0.25) is 10.0 Å². The number of halogens is 1. The first kappa shape index (κ1) is 20.7. The van der Waals surface area contributed by atoms with Gasteiger partial charge < -0.3 is 14.4 Å². The Morgan fingerprint density at radius 3 is 2.50 bits per heavy atom. The van der Waals surface area contributed by atoms with Gasteiger partial charge in [0.25, 0.3) is 5.91 Å². The van der Waals surface area contributed by atoms with Crippen LogP contribution < -0.4 is 4.74 Å². The molecule has 1 atom stereocenters. The third-order valence-electron chi connectivity index (χ3n) is 4.64. The monoisotopic (exact) mass is 426 g/mol. The van der Waals surface area contributed by atoms with Gasteiger partial charge in [0.15, 0.2) is 6.61 Å². The Bertz CT molecular complexity index is 862. The minimum atomic E-state index is -3.74. The molecular weight excluding hydrogens is 404 g/mol. The van der Waals surface area contributed by atoms with Crippen molar-refractivity contribution < 1.29 is 22.7 Å². The number of amides is 1. The van der Waals surface area contributed by atoms with Crippen LogP contribution in [0.5, 0.6) is 5.75 Å². The Kier molecular flexibility index (Phi) is 6.64. The fourth-order valence-corrected chi connectivity index (χ4v) is 5.07. The molecule has 152 valence electrons. The van der Waals surface area contributed by atoms with Gasteiger partial charge in [0.05, 0.1) is 12.5 Å². The molecule has 1 amide bonds. The molecule has 1 aliphatic heterocycles. The summed E-state index contributed by atoms with van der Waals surface area (Å²) in [6, 6.07) is 9.09. The van der Waals surface area contributed by atoms with Gasteiger partial charge in [-0.05, 0) is 30.7 Å². The lowest BCUT2D eigenvalue weighted by Gasteiger charge is -2.35. The van der Waals surface area contributed by atoms with Crippen LogP contribution >= 0.6 is 11.6 Å². The minimum absolute atomic E-state index is 0.0770. The lowest BCUT2D eigenvalue weighted by Crippen LogP contribution is -2.51. The number of para-hydroxylation sites is 1. The van der Waals surface area contributed by atoms with Crippen molar-refractivity contribution in [2.75, 3.05) is 39.9 Å². The molecule has 1 aromatic rings. The summed E-state index contributed by atoms with van der Waals surface area (Å²) in [5.74, 6) is 0.763. The summed E-state index contributed by atoms with van der Waals surface area (Å²) in [4.78, 5) is 14.0. The number of carbonyl (C=O) groups is 1. The Labute approximate surface area is 170 Å². The van der Waals surface area contributed by atoms with Gasteiger partial charge in [0.1, 0.15) is 16.4 Å². The maximum absolute atomic E-state index is 13.0. The maximum Gasteiger partial charge on any atom is 0.260 e. The number of nitrogens with zero attached hydrogens (tertiary/aromatic N) is 2. The number of alkyl halides is 1. The fraction of sp³-hybridized carbons (Fsp3) is 0.421. The van der Waals surface area contributed by atoms with Crippen LogP contribution in [-0.4, -0.2) is 68.8 Å². The van der Waals surface area contributed by atoms with E-state index in [0.29, 0.717) is 31.0 Å². The van der Waals surface area contributed by atoms with E-state index in [1.165, 1.54) is 17.5 Å². The van der Waals surface area contributed by atoms with E-state index in [2.05, 4.69) is 0 Å². The van der Waals surface area contributed by atoms with Crippen molar-refractivity contribution in [3.8, 4) is 5.75 Å². The quantitative estimate of drug-likeness (QED) is 0.650. The van der Waals surface area contributed by atoms with Gasteiger partial charge in [0, 0.05) is 26.2 Å². The number of sulfonamides is 1. The molecule has 0 spiro atoms. The predicted octanol–water partition coefficient (Wildman–Crippen LogP) is 1.96. The second-order valence-electron chi connectivity index (χ2n) is 6.44. The van der Waals surface area contributed by atoms with E-state index in [-0.39, 0.29) is 35.9 Å². The maximum atomic E-state index is 13.0. The fourth-order valence-electron chi connectivity index (χ4n) is 3.10. The molecule has 0 bridgehead atoms. The van der Waals surface area contributed by atoms with Crippen LogP contribution in [-0.2, 0) is 19.6 Å². The Morgan fingerprint density at radius 2 is 1.86 bits per heavy atom. The van der Waals surface area contributed by atoms with Crippen molar-refractivity contribution >= 4 is 27.5 Å². The molecular formula is C19H23ClN2O5S. The van der Waals surface area contributed by atoms with Crippen LogP contribution in [0.2, 0.25) is 0 Å². The van der Waals surface area contributed by atoms with Crippen LogP contribution in [0.1, 0.15) is 6.42 Å².